The van der Waals surface area contributed by atoms with Gasteiger partial charge in [0.2, 0.25) is 0 Å². The summed E-state index contributed by atoms with van der Waals surface area (Å²) < 4.78 is 15.2. The predicted molar refractivity (Wildman–Crippen MR) is 81.2 cm³/mol. The van der Waals surface area contributed by atoms with Gasteiger partial charge in [-0.15, -0.1) is 0 Å². The van der Waals surface area contributed by atoms with E-state index in [1.165, 1.54) is 0 Å². The second-order valence-electron chi connectivity index (χ2n) is 5.88. The van der Waals surface area contributed by atoms with Crippen molar-refractivity contribution in [3.63, 3.8) is 0 Å². The molecule has 0 bridgehead atoms. The molecule has 0 amide bonds. The van der Waals surface area contributed by atoms with Crippen molar-refractivity contribution >= 4 is 17.9 Å². The molecule has 1 saturated carbocycles. The lowest BCUT2D eigenvalue weighted by Gasteiger charge is -2.24. The topological polar surface area (TPSA) is 78.9 Å². The van der Waals surface area contributed by atoms with Gasteiger partial charge in [-0.2, -0.15) is 0 Å². The first-order valence-electron chi connectivity index (χ1n) is 8.20. The van der Waals surface area contributed by atoms with E-state index in [0.717, 1.165) is 5.57 Å². The first kappa shape index (κ1) is 17.5. The Morgan fingerprint density at radius 3 is 2.13 bits per heavy atom. The van der Waals surface area contributed by atoms with Gasteiger partial charge in [-0.1, -0.05) is 11.6 Å². The maximum Gasteiger partial charge on any atom is 0.324 e. The number of allylic oxidation sites excluding steroid dienone is 2. The minimum atomic E-state index is -1.29. The Morgan fingerprint density at radius 2 is 1.61 bits per heavy atom. The number of esters is 3. The molecule has 0 N–H and O–H groups in total. The number of ether oxygens (including phenoxy) is 3. The molecule has 23 heavy (non-hydrogen) atoms. The molecule has 128 valence electrons. The molecule has 2 aliphatic carbocycles. The Labute approximate surface area is 136 Å². The molecular weight excluding hydrogens is 300 g/mol. The van der Waals surface area contributed by atoms with Gasteiger partial charge in [0.1, 0.15) is 0 Å². The van der Waals surface area contributed by atoms with Crippen molar-refractivity contribution < 1.29 is 28.6 Å². The van der Waals surface area contributed by atoms with Gasteiger partial charge in [0.25, 0.3) is 0 Å². The summed E-state index contributed by atoms with van der Waals surface area (Å²) in [5.74, 6) is -1.37. The molecule has 1 fully saturated rings. The Kier molecular flexibility index (Phi) is 5.44. The minimum absolute atomic E-state index is 0.0692. The van der Waals surface area contributed by atoms with E-state index >= 15 is 0 Å². The summed E-state index contributed by atoms with van der Waals surface area (Å²) in [5.41, 5.74) is -0.326. The number of hydrogen-bond acceptors (Lipinski definition) is 6. The van der Waals surface area contributed by atoms with Crippen LogP contribution in [0, 0.1) is 17.3 Å². The molecule has 0 heterocycles. The molecule has 0 unspecified atom stereocenters. The third-order valence-electron chi connectivity index (χ3n) is 4.41. The van der Waals surface area contributed by atoms with Crippen LogP contribution >= 0.6 is 0 Å². The van der Waals surface area contributed by atoms with Crippen LogP contribution in [0.1, 0.15) is 40.0 Å². The maximum absolute atomic E-state index is 12.3. The van der Waals surface area contributed by atoms with Crippen molar-refractivity contribution in [1.29, 1.82) is 0 Å². The average molecular weight is 324 g/mol. The highest BCUT2D eigenvalue weighted by Crippen LogP contribution is 2.53. The van der Waals surface area contributed by atoms with Crippen LogP contribution in [0.25, 0.3) is 0 Å². The Balaban J connectivity index is 2.07. The van der Waals surface area contributed by atoms with E-state index in [1.807, 2.05) is 6.08 Å². The fraction of sp³-hybridized carbons (Fsp3) is 0.706. The molecule has 0 aromatic heterocycles. The zero-order valence-corrected chi connectivity index (χ0v) is 13.9. The summed E-state index contributed by atoms with van der Waals surface area (Å²) in [4.78, 5) is 36.5. The van der Waals surface area contributed by atoms with Gasteiger partial charge >= 0.3 is 17.9 Å². The van der Waals surface area contributed by atoms with Crippen molar-refractivity contribution in [2.75, 3.05) is 19.8 Å². The first-order valence-corrected chi connectivity index (χ1v) is 8.20. The maximum atomic E-state index is 12.3. The van der Waals surface area contributed by atoms with Gasteiger partial charge in [0.05, 0.1) is 25.7 Å². The summed E-state index contributed by atoms with van der Waals surface area (Å²) in [7, 11) is 0. The lowest BCUT2D eigenvalue weighted by molar-refractivity contribution is -0.171. The van der Waals surface area contributed by atoms with E-state index in [9.17, 15) is 14.4 Å². The molecule has 0 radical (unpaired) electrons. The molecular formula is C17H24O6. The molecule has 2 rings (SSSR count). The van der Waals surface area contributed by atoms with Crippen LogP contribution in [0.5, 0.6) is 0 Å². The molecule has 2 aliphatic rings. The zero-order chi connectivity index (χ0) is 17.0. The van der Waals surface area contributed by atoms with E-state index in [1.54, 1.807) is 20.8 Å². The number of rotatable bonds is 7. The highest BCUT2D eigenvalue weighted by molar-refractivity contribution is 6.01. The Bertz CT molecular complexity index is 503. The van der Waals surface area contributed by atoms with Crippen molar-refractivity contribution in [2.45, 2.75) is 40.0 Å². The lowest BCUT2D eigenvalue weighted by atomic mass is 9.83. The first-order chi connectivity index (χ1) is 11.0. The summed E-state index contributed by atoms with van der Waals surface area (Å²) in [5, 5.41) is 0. The fourth-order valence-electron chi connectivity index (χ4n) is 3.13. The third-order valence-corrected chi connectivity index (χ3v) is 4.41. The molecule has 6 nitrogen and oxygen atoms in total. The van der Waals surface area contributed by atoms with Crippen LogP contribution in [0.3, 0.4) is 0 Å². The molecule has 0 aromatic rings. The average Bonchev–Trinajstić information content (AvgIpc) is 3.19. The molecule has 2 atom stereocenters. The monoisotopic (exact) mass is 324 g/mol. The standard InChI is InChI=1S/C17H24O6/c1-4-21-14(18)13-9-12(13)11-7-8-17(10-11,15(19)22-5-2)16(20)23-6-3/h7,12-13H,4-6,8-10H2,1-3H3/t12-,13-/m0/s1. The van der Waals surface area contributed by atoms with Gasteiger partial charge in [-0.25, -0.2) is 0 Å². The van der Waals surface area contributed by atoms with Gasteiger partial charge in [0.15, 0.2) is 5.41 Å². The van der Waals surface area contributed by atoms with Crippen molar-refractivity contribution in [3.8, 4) is 0 Å². The summed E-state index contributed by atoms with van der Waals surface area (Å²) in [6.07, 6.45) is 3.14. The smallest absolute Gasteiger partial charge is 0.324 e. The van der Waals surface area contributed by atoms with Crippen LogP contribution in [0.2, 0.25) is 0 Å². The van der Waals surface area contributed by atoms with Crippen LogP contribution < -0.4 is 0 Å². The normalized spacial score (nSPS) is 24.6. The third kappa shape index (κ3) is 3.41. The quantitative estimate of drug-likeness (QED) is 0.308. The van der Waals surface area contributed by atoms with Crippen LogP contribution in [-0.4, -0.2) is 37.7 Å². The number of hydrogen-bond donors (Lipinski definition) is 0. The summed E-state index contributed by atoms with van der Waals surface area (Å²) in [6, 6.07) is 0. The molecule has 0 saturated heterocycles. The lowest BCUT2D eigenvalue weighted by Crippen LogP contribution is -2.40. The van der Waals surface area contributed by atoms with Crippen LogP contribution in [0.15, 0.2) is 11.6 Å². The van der Waals surface area contributed by atoms with Crippen molar-refractivity contribution in [1.82, 2.24) is 0 Å². The molecule has 0 aromatic carbocycles. The Morgan fingerprint density at radius 1 is 1.04 bits per heavy atom. The molecule has 6 heteroatoms. The summed E-state index contributed by atoms with van der Waals surface area (Å²) >= 11 is 0. The van der Waals surface area contributed by atoms with Gasteiger partial charge in [-0.3, -0.25) is 14.4 Å². The van der Waals surface area contributed by atoms with Crippen molar-refractivity contribution in [3.05, 3.63) is 11.6 Å². The van der Waals surface area contributed by atoms with Crippen molar-refractivity contribution in [2.24, 2.45) is 17.3 Å². The Hall–Kier alpha value is -1.85. The largest absolute Gasteiger partial charge is 0.466 e. The number of carbonyl (C=O) groups excluding carboxylic acids is 3. The SMILES string of the molecule is CCOC(=O)[C@H]1C[C@H]1C1=CCC(C(=O)OCC)(C(=O)OCC)C1. The fourth-order valence-corrected chi connectivity index (χ4v) is 3.13. The summed E-state index contributed by atoms with van der Waals surface area (Å²) in [6.45, 7) is 5.97. The van der Waals surface area contributed by atoms with E-state index in [0.29, 0.717) is 13.0 Å². The minimum Gasteiger partial charge on any atom is -0.466 e. The second kappa shape index (κ2) is 7.15. The van der Waals surface area contributed by atoms with Gasteiger partial charge < -0.3 is 14.2 Å². The van der Waals surface area contributed by atoms with Crippen LogP contribution in [-0.2, 0) is 28.6 Å². The molecule has 0 spiro atoms. The van der Waals surface area contributed by atoms with Crippen LogP contribution in [0.4, 0.5) is 0 Å². The predicted octanol–water partition coefficient (Wildman–Crippen LogP) is 2.02. The van der Waals surface area contributed by atoms with Gasteiger partial charge in [0, 0.05) is 0 Å². The molecule has 0 aliphatic heterocycles. The zero-order valence-electron chi connectivity index (χ0n) is 13.9. The van der Waals surface area contributed by atoms with E-state index in [-0.39, 0.29) is 43.9 Å². The van der Waals surface area contributed by atoms with E-state index in [2.05, 4.69) is 0 Å². The van der Waals surface area contributed by atoms with Gasteiger partial charge in [-0.05, 0) is 46.0 Å². The van der Waals surface area contributed by atoms with E-state index < -0.39 is 17.4 Å². The second-order valence-corrected chi connectivity index (χ2v) is 5.88. The van der Waals surface area contributed by atoms with E-state index in [4.69, 9.17) is 14.2 Å². The number of carbonyl (C=O) groups is 3. The highest BCUT2D eigenvalue weighted by Gasteiger charge is 2.56. The highest BCUT2D eigenvalue weighted by atomic mass is 16.6.